The van der Waals surface area contributed by atoms with Crippen molar-refractivity contribution in [2.75, 3.05) is 45.1 Å². The number of rotatable bonds is 18. The Morgan fingerprint density at radius 3 is 2.36 bits per heavy atom. The van der Waals surface area contributed by atoms with Gasteiger partial charge >= 0.3 is 10.8 Å². The molecular formula is C43H51N5O8S3. The van der Waals surface area contributed by atoms with Crippen molar-refractivity contribution in [3.05, 3.63) is 102 Å². The molecule has 2 aromatic carbocycles. The molecule has 1 aliphatic heterocycles. The van der Waals surface area contributed by atoms with E-state index in [1.165, 1.54) is 28.7 Å². The second-order valence-corrected chi connectivity index (χ2v) is 18.6. The van der Waals surface area contributed by atoms with Crippen LogP contribution in [0.15, 0.2) is 76.2 Å². The number of fused-ring (bicyclic) bond motifs is 1. The molecule has 59 heavy (non-hydrogen) atoms. The highest BCUT2D eigenvalue weighted by Crippen LogP contribution is 2.51. The van der Waals surface area contributed by atoms with Crippen molar-refractivity contribution >= 4 is 67.7 Å². The van der Waals surface area contributed by atoms with E-state index in [0.717, 1.165) is 62.1 Å². The first-order valence-electron chi connectivity index (χ1n) is 20.0. The molecule has 2 amide bonds. The van der Waals surface area contributed by atoms with Crippen LogP contribution < -0.4 is 15.5 Å². The quantitative estimate of drug-likeness (QED) is 0.0457. The van der Waals surface area contributed by atoms with Crippen LogP contribution in [0.2, 0.25) is 0 Å². The Hall–Kier alpha value is -4.42. The van der Waals surface area contributed by atoms with Gasteiger partial charge in [-0.25, -0.2) is 4.79 Å². The summed E-state index contributed by atoms with van der Waals surface area (Å²) in [7, 11) is 1.82. The Morgan fingerprint density at radius 1 is 1.00 bits per heavy atom. The lowest BCUT2D eigenvalue weighted by atomic mass is 9.61. The fourth-order valence-corrected chi connectivity index (χ4v) is 10.7. The van der Waals surface area contributed by atoms with Gasteiger partial charge in [-0.1, -0.05) is 41.7 Å². The first-order chi connectivity index (χ1) is 28.4. The number of hydrogen-bond acceptors (Lipinski definition) is 13. The Bertz CT molecular complexity index is 2210. The van der Waals surface area contributed by atoms with E-state index < -0.39 is 17.7 Å². The number of anilines is 1. The number of hydrogen-bond donors (Lipinski definition) is 6. The predicted molar refractivity (Wildman–Crippen MR) is 231 cm³/mol. The number of amides is 2. The summed E-state index contributed by atoms with van der Waals surface area (Å²) in [6.45, 7) is 3.82. The van der Waals surface area contributed by atoms with Crippen LogP contribution in [0, 0.1) is 5.41 Å². The number of aliphatic hydroxyl groups is 2. The average Bonchev–Trinajstić information content (AvgIpc) is 4.03. The summed E-state index contributed by atoms with van der Waals surface area (Å²) in [4.78, 5) is 58.2. The fraction of sp³-hybridized carbons (Fsp3) is 0.442. The number of thiophene rings is 2. The van der Waals surface area contributed by atoms with Crippen molar-refractivity contribution < 1.29 is 34.4 Å². The molecule has 13 nitrogen and oxygen atoms in total. The van der Waals surface area contributed by atoms with Crippen molar-refractivity contribution in [1.29, 1.82) is 0 Å². The maximum Gasteiger partial charge on any atom is 0.349 e. The Morgan fingerprint density at radius 2 is 1.69 bits per heavy atom. The number of H-pyrrole nitrogens is 1. The largest absolute Gasteiger partial charge is 0.506 e. The zero-order valence-electron chi connectivity index (χ0n) is 33.0. The second-order valence-electron chi connectivity index (χ2n) is 15.7. The van der Waals surface area contributed by atoms with Crippen LogP contribution in [0.5, 0.6) is 5.75 Å². The van der Waals surface area contributed by atoms with Gasteiger partial charge in [-0.2, -0.15) is 0 Å². The number of aromatic nitrogens is 1. The van der Waals surface area contributed by atoms with E-state index in [-0.39, 0.29) is 40.5 Å². The monoisotopic (exact) mass is 861 g/mol. The average molecular weight is 862 g/mol. The summed E-state index contributed by atoms with van der Waals surface area (Å²) in [5, 5.41) is 42.1. The number of nitrogens with zero attached hydrogens (tertiary/aromatic N) is 2. The minimum Gasteiger partial charge on any atom is -0.506 e. The van der Waals surface area contributed by atoms with Crippen LogP contribution >= 0.6 is 34.0 Å². The Kier molecular flexibility index (Phi) is 13.7. The second kappa shape index (κ2) is 18.9. The van der Waals surface area contributed by atoms with Gasteiger partial charge in [0.2, 0.25) is 17.4 Å². The molecule has 2 fully saturated rings. The number of phenolic OH excluding ortho intramolecular Hbond substituents is 1. The summed E-state index contributed by atoms with van der Waals surface area (Å²) < 4.78 is 6.43. The van der Waals surface area contributed by atoms with Crippen LogP contribution in [0.25, 0.3) is 10.2 Å². The highest BCUT2D eigenvalue weighted by molar-refractivity contribution is 7.16. The summed E-state index contributed by atoms with van der Waals surface area (Å²) >= 11 is 3.64. The van der Waals surface area contributed by atoms with Crippen molar-refractivity contribution in [3.8, 4) is 5.75 Å². The first-order valence-corrected chi connectivity index (χ1v) is 22.6. The number of aromatic amines is 1. The molecule has 5 aromatic rings. The van der Waals surface area contributed by atoms with Crippen molar-refractivity contribution in [1.82, 2.24) is 20.1 Å². The Labute approximate surface area is 354 Å². The van der Waals surface area contributed by atoms with Gasteiger partial charge in [0.05, 0.1) is 20.6 Å². The normalized spacial score (nSPS) is 16.2. The van der Waals surface area contributed by atoms with Crippen LogP contribution in [0.3, 0.4) is 0 Å². The van der Waals surface area contributed by atoms with E-state index in [0.29, 0.717) is 70.1 Å². The fourth-order valence-electron chi connectivity index (χ4n) is 8.08. The van der Waals surface area contributed by atoms with Crippen molar-refractivity contribution in [3.63, 3.8) is 0 Å². The van der Waals surface area contributed by atoms with Gasteiger partial charge in [0, 0.05) is 57.3 Å². The molecule has 0 radical (unpaired) electrons. The van der Waals surface area contributed by atoms with Crippen LogP contribution in [0.1, 0.15) is 78.4 Å². The van der Waals surface area contributed by atoms with Crippen LogP contribution in [0.4, 0.5) is 5.69 Å². The van der Waals surface area contributed by atoms with Gasteiger partial charge < -0.3 is 45.5 Å². The lowest BCUT2D eigenvalue weighted by Crippen LogP contribution is -2.52. The maximum atomic E-state index is 13.3. The third-order valence-corrected chi connectivity index (χ3v) is 14.5. The van der Waals surface area contributed by atoms with Gasteiger partial charge in [0.1, 0.15) is 17.4 Å². The molecule has 0 bridgehead atoms. The number of phenols is 1. The number of unbranched alkanes of at least 4 members (excludes halogenated alkanes) is 1. The molecule has 1 saturated heterocycles. The number of aliphatic hydroxyl groups excluding tert-OH is 1. The molecule has 1 saturated carbocycles. The number of nitrogens with one attached hydrogen (secondary N) is 3. The first kappa shape index (κ1) is 42.7. The van der Waals surface area contributed by atoms with Gasteiger partial charge in [0.25, 0.3) is 0 Å². The van der Waals surface area contributed by atoms with Crippen LogP contribution in [-0.4, -0.2) is 93.8 Å². The zero-order valence-corrected chi connectivity index (χ0v) is 35.4. The number of benzene rings is 2. The van der Waals surface area contributed by atoms with E-state index >= 15 is 0 Å². The molecule has 1 aliphatic carbocycles. The molecule has 1 spiro atoms. The molecule has 6 N–H and O–H groups in total. The van der Waals surface area contributed by atoms with Gasteiger partial charge in [-0.05, 0) is 104 Å². The molecule has 4 heterocycles. The number of carbonyl (C=O) groups excluding carboxylic acids is 3. The van der Waals surface area contributed by atoms with Gasteiger partial charge in [-0.3, -0.25) is 14.4 Å². The lowest BCUT2D eigenvalue weighted by molar-refractivity contribution is -0.181. The summed E-state index contributed by atoms with van der Waals surface area (Å²) in [6, 6.07) is 17.7. The SMILES string of the molecule is CN(CCCCC(=O)Nc1ccc(CNC[C@H](O)c2ccc(O)c3[nH]c(=O)sc23)cc1)C(=O)CCN1CCC2(CC1)CC(OC(=O)C(O)(c1cccs1)c1cccs1)C2. The molecule has 314 valence electrons. The number of aromatic hydroxyl groups is 1. The molecule has 2 aliphatic rings. The highest BCUT2D eigenvalue weighted by atomic mass is 32.1. The number of carbonyl (C=O) groups is 3. The number of thiazole rings is 1. The third kappa shape index (κ3) is 10.1. The van der Waals surface area contributed by atoms with E-state index in [1.54, 1.807) is 23.1 Å². The molecule has 3 aromatic heterocycles. The zero-order chi connectivity index (χ0) is 41.6. The standard InChI is InChI=1S/C43H51N5O8S3/c1-47(18-3-2-8-36(51)45-29-11-9-28(10-12-29)26-44-27-33(50)31-13-14-32(49)38-39(31)59-41(54)46-38)37(52)15-19-48-20-16-42(17-21-48)24-30(25-42)56-40(53)43(55,34-6-4-22-57-34)35-7-5-23-58-35/h4-7,9-14,22-23,30,33,44,49-50,55H,2-3,8,15-21,24-27H2,1H3,(H,45,51)(H,46,54)/t33-/m0/s1. The predicted octanol–water partition coefficient (Wildman–Crippen LogP) is 5.92. The highest BCUT2D eigenvalue weighted by Gasteiger charge is 2.51. The topological polar surface area (TPSA) is 185 Å². The number of esters is 1. The molecule has 7 rings (SSSR count). The molecular weight excluding hydrogens is 811 g/mol. The molecule has 16 heteroatoms. The number of ether oxygens (including phenoxy) is 1. The maximum absolute atomic E-state index is 13.3. The van der Waals surface area contributed by atoms with Crippen molar-refractivity contribution in [2.24, 2.45) is 5.41 Å². The summed E-state index contributed by atoms with van der Waals surface area (Å²) in [6.07, 6.45) is 4.68. The van der Waals surface area contributed by atoms with E-state index in [9.17, 15) is 34.5 Å². The minimum atomic E-state index is -1.78. The minimum absolute atomic E-state index is 0.0333. The summed E-state index contributed by atoms with van der Waals surface area (Å²) in [5.74, 6) is -0.634. The van der Waals surface area contributed by atoms with E-state index in [1.807, 2.05) is 54.2 Å². The Balaban J connectivity index is 0.738. The number of piperidine rings is 1. The lowest BCUT2D eigenvalue weighted by Gasteiger charge is -2.51. The van der Waals surface area contributed by atoms with Crippen LogP contribution in [-0.2, 0) is 31.3 Å². The third-order valence-electron chi connectivity index (χ3n) is 11.6. The summed E-state index contributed by atoms with van der Waals surface area (Å²) in [5.41, 5.74) is 0.917. The van der Waals surface area contributed by atoms with E-state index in [2.05, 4.69) is 20.5 Å². The van der Waals surface area contributed by atoms with Crippen molar-refractivity contribution in [2.45, 2.75) is 75.7 Å². The smallest absolute Gasteiger partial charge is 0.349 e. The van der Waals surface area contributed by atoms with Gasteiger partial charge in [-0.15, -0.1) is 22.7 Å². The number of likely N-dealkylation sites (tertiary alicyclic amines) is 1. The molecule has 1 atom stereocenters. The molecule has 0 unspecified atom stereocenters. The van der Waals surface area contributed by atoms with E-state index in [4.69, 9.17) is 4.74 Å². The van der Waals surface area contributed by atoms with Gasteiger partial charge in [0.15, 0.2) is 0 Å².